The lowest BCUT2D eigenvalue weighted by Crippen LogP contribution is -2.40. The lowest BCUT2D eigenvalue weighted by Gasteiger charge is -2.30. The average molecular weight is 472 g/mol. The van der Waals surface area contributed by atoms with Gasteiger partial charge in [-0.25, -0.2) is 4.98 Å². The maximum absolute atomic E-state index is 12.8. The maximum Gasteiger partial charge on any atom is 0.288 e. The predicted octanol–water partition coefficient (Wildman–Crippen LogP) is 5.16. The molecule has 0 unspecified atom stereocenters. The van der Waals surface area contributed by atoms with Gasteiger partial charge in [-0.3, -0.25) is 4.79 Å². The van der Waals surface area contributed by atoms with Gasteiger partial charge in [-0.15, -0.1) is 0 Å². The number of benzene rings is 2. The number of fused-ring (bicyclic) bond motifs is 1. The largest absolute Gasteiger partial charge is 0.362 e. The molecule has 1 aliphatic rings. The van der Waals surface area contributed by atoms with Gasteiger partial charge in [0.25, 0.3) is 11.7 Å². The van der Waals surface area contributed by atoms with Crippen molar-refractivity contribution >= 4 is 40.3 Å². The minimum Gasteiger partial charge on any atom is -0.362 e. The molecule has 2 N–H and O–H groups in total. The Morgan fingerprint density at radius 1 is 1.00 bits per heavy atom. The average Bonchev–Trinajstić information content (AvgIpc) is 2.79. The number of nitrogens with one attached hydrogen (secondary N) is 2. The molecular formula is C24H27F2N5OS. The van der Waals surface area contributed by atoms with Gasteiger partial charge in [0, 0.05) is 36.5 Å². The van der Waals surface area contributed by atoms with Crippen LogP contribution in [-0.2, 0) is 0 Å². The number of hydrogen-bond acceptors (Lipinski definition) is 6. The molecule has 1 saturated carbocycles. The van der Waals surface area contributed by atoms with Crippen LogP contribution in [0.25, 0.3) is 10.9 Å². The van der Waals surface area contributed by atoms with Crippen LogP contribution in [0, 0.1) is 0 Å². The van der Waals surface area contributed by atoms with E-state index in [1.807, 2.05) is 43.3 Å². The number of rotatable bonds is 7. The summed E-state index contributed by atoms with van der Waals surface area (Å²) in [4.78, 5) is 24.4. The molecule has 1 amide bonds. The Morgan fingerprint density at radius 3 is 2.39 bits per heavy atom. The minimum atomic E-state index is -2.56. The van der Waals surface area contributed by atoms with Crippen LogP contribution in [0.1, 0.15) is 36.0 Å². The van der Waals surface area contributed by atoms with Crippen molar-refractivity contribution in [2.24, 2.45) is 0 Å². The van der Waals surface area contributed by atoms with Crippen molar-refractivity contribution in [3.05, 3.63) is 54.1 Å². The van der Waals surface area contributed by atoms with Crippen molar-refractivity contribution in [1.82, 2.24) is 15.3 Å². The monoisotopic (exact) mass is 471 g/mol. The zero-order chi connectivity index (χ0) is 23.4. The van der Waals surface area contributed by atoms with Crippen LogP contribution >= 0.6 is 11.8 Å². The molecule has 0 atom stereocenters. The van der Waals surface area contributed by atoms with Crippen molar-refractivity contribution in [2.45, 2.75) is 48.4 Å². The summed E-state index contributed by atoms with van der Waals surface area (Å²) in [6.07, 6.45) is 3.29. The predicted molar refractivity (Wildman–Crippen MR) is 129 cm³/mol. The van der Waals surface area contributed by atoms with E-state index >= 15 is 0 Å². The van der Waals surface area contributed by atoms with E-state index in [2.05, 4.69) is 15.6 Å². The van der Waals surface area contributed by atoms with Gasteiger partial charge in [0.15, 0.2) is 0 Å². The van der Waals surface area contributed by atoms with Crippen molar-refractivity contribution in [2.75, 3.05) is 24.3 Å². The van der Waals surface area contributed by atoms with Crippen LogP contribution in [0.4, 0.5) is 20.5 Å². The van der Waals surface area contributed by atoms with Gasteiger partial charge >= 0.3 is 0 Å². The summed E-state index contributed by atoms with van der Waals surface area (Å²) in [6.45, 7) is 0. The van der Waals surface area contributed by atoms with Crippen LogP contribution in [0.5, 0.6) is 0 Å². The summed E-state index contributed by atoms with van der Waals surface area (Å²) in [5.41, 5.74) is 1.18. The third-order valence-corrected chi connectivity index (χ3v) is 6.54. The summed E-state index contributed by atoms with van der Waals surface area (Å²) < 4.78 is 25.6. The summed E-state index contributed by atoms with van der Waals surface area (Å²) in [5.74, 6) is -1.40. The number of alkyl halides is 2. The minimum absolute atomic E-state index is 0.00927. The van der Waals surface area contributed by atoms with Gasteiger partial charge in [0.2, 0.25) is 5.95 Å². The summed E-state index contributed by atoms with van der Waals surface area (Å²) in [6, 6.07) is 14.6. The Morgan fingerprint density at radius 2 is 1.67 bits per heavy atom. The third kappa shape index (κ3) is 5.71. The third-order valence-electron chi connectivity index (χ3n) is 5.75. The molecule has 4 rings (SSSR count). The number of halogens is 2. The number of nitrogens with zero attached hydrogens (tertiary/aromatic N) is 3. The first-order valence-electron chi connectivity index (χ1n) is 11.0. The van der Waals surface area contributed by atoms with Gasteiger partial charge in [-0.2, -0.15) is 13.8 Å². The first kappa shape index (κ1) is 23.2. The highest BCUT2D eigenvalue weighted by atomic mass is 32.2. The van der Waals surface area contributed by atoms with Gasteiger partial charge in [0.1, 0.15) is 5.82 Å². The zero-order valence-electron chi connectivity index (χ0n) is 18.6. The molecule has 1 fully saturated rings. The van der Waals surface area contributed by atoms with Crippen LogP contribution < -0.4 is 15.5 Å². The number of carbonyl (C=O) groups is 1. The number of amides is 1. The van der Waals surface area contributed by atoms with Crippen molar-refractivity contribution in [3.8, 4) is 0 Å². The molecule has 0 bridgehead atoms. The Labute approximate surface area is 196 Å². The van der Waals surface area contributed by atoms with E-state index < -0.39 is 5.76 Å². The molecule has 0 radical (unpaired) electrons. The van der Waals surface area contributed by atoms with Gasteiger partial charge in [-0.05, 0) is 49.9 Å². The van der Waals surface area contributed by atoms with E-state index in [-0.39, 0.29) is 18.0 Å². The van der Waals surface area contributed by atoms with E-state index in [0.717, 1.165) is 42.4 Å². The van der Waals surface area contributed by atoms with Gasteiger partial charge in [-0.1, -0.05) is 36.0 Å². The highest BCUT2D eigenvalue weighted by Crippen LogP contribution is 2.29. The molecule has 3 aromatic rings. The standard InChI is InChI=1S/C24H27F2N5OS/c1-31(2)21-17-7-3-5-9-19(17)29-24(30-21)28-16-13-11-15(12-14-16)27-22(32)18-8-4-6-10-20(18)33-23(25)26/h3-10,15-16,23H,11-14H2,1-2H3,(H,27,32)(H,28,29,30)/t15-,16+. The molecule has 0 aliphatic heterocycles. The SMILES string of the molecule is CN(C)c1nc(N[C@H]2CC[C@@H](NC(=O)c3ccccc3SC(F)F)CC2)nc2ccccc12. The second-order valence-corrected chi connectivity index (χ2v) is 9.36. The quantitative estimate of drug-likeness (QED) is 0.464. The van der Waals surface area contributed by atoms with E-state index in [1.165, 1.54) is 0 Å². The van der Waals surface area contributed by atoms with Crippen LogP contribution in [0.2, 0.25) is 0 Å². The highest BCUT2D eigenvalue weighted by Gasteiger charge is 2.25. The van der Waals surface area contributed by atoms with Crippen LogP contribution in [-0.4, -0.2) is 47.8 Å². The zero-order valence-corrected chi connectivity index (χ0v) is 19.4. The Balaban J connectivity index is 1.37. The fourth-order valence-corrected chi connectivity index (χ4v) is 4.78. The topological polar surface area (TPSA) is 70.2 Å². The van der Waals surface area contributed by atoms with E-state index in [0.29, 0.717) is 28.2 Å². The normalized spacial score (nSPS) is 18.3. The molecule has 33 heavy (non-hydrogen) atoms. The smallest absolute Gasteiger partial charge is 0.288 e. The molecule has 1 aliphatic carbocycles. The Hall–Kier alpha value is -2.94. The summed E-state index contributed by atoms with van der Waals surface area (Å²) in [7, 11) is 3.93. The van der Waals surface area contributed by atoms with Gasteiger partial charge < -0.3 is 15.5 Å². The van der Waals surface area contributed by atoms with Crippen molar-refractivity contribution < 1.29 is 13.6 Å². The first-order valence-corrected chi connectivity index (χ1v) is 11.8. The number of thioether (sulfide) groups is 1. The van der Waals surface area contributed by atoms with Crippen LogP contribution in [0.15, 0.2) is 53.4 Å². The molecule has 1 heterocycles. The molecular weight excluding hydrogens is 444 g/mol. The molecule has 0 spiro atoms. The van der Waals surface area contributed by atoms with Crippen molar-refractivity contribution in [1.29, 1.82) is 0 Å². The van der Waals surface area contributed by atoms with E-state index in [9.17, 15) is 13.6 Å². The summed E-state index contributed by atoms with van der Waals surface area (Å²) >= 11 is 0.399. The van der Waals surface area contributed by atoms with Crippen molar-refractivity contribution in [3.63, 3.8) is 0 Å². The molecule has 0 saturated heterocycles. The fourth-order valence-electron chi connectivity index (χ4n) is 4.15. The highest BCUT2D eigenvalue weighted by molar-refractivity contribution is 7.99. The molecule has 6 nitrogen and oxygen atoms in total. The van der Waals surface area contributed by atoms with Gasteiger partial charge in [0.05, 0.1) is 11.1 Å². The lowest BCUT2D eigenvalue weighted by molar-refractivity contribution is 0.0923. The first-order chi connectivity index (χ1) is 15.9. The van der Waals surface area contributed by atoms with Crippen LogP contribution in [0.3, 0.4) is 0 Å². The fraction of sp³-hybridized carbons (Fsp3) is 0.375. The Kier molecular flexibility index (Phi) is 7.27. The molecule has 174 valence electrons. The number of hydrogen-bond donors (Lipinski definition) is 2. The number of para-hydroxylation sites is 1. The second kappa shape index (κ2) is 10.3. The molecule has 9 heteroatoms. The molecule has 2 aromatic carbocycles. The Bertz CT molecular complexity index is 1120. The number of carbonyl (C=O) groups excluding carboxylic acids is 1. The van der Waals surface area contributed by atoms with E-state index in [4.69, 9.17) is 4.98 Å². The lowest BCUT2D eigenvalue weighted by atomic mass is 9.91. The molecule has 1 aromatic heterocycles. The second-order valence-electron chi connectivity index (χ2n) is 8.32. The van der Waals surface area contributed by atoms with E-state index in [1.54, 1.807) is 24.3 Å². The maximum atomic E-state index is 12.8. The number of anilines is 2. The summed E-state index contributed by atoms with van der Waals surface area (Å²) in [5, 5.41) is 7.48. The number of aromatic nitrogens is 2.